The average molecular weight is 388 g/mol. The van der Waals surface area contributed by atoms with Crippen molar-refractivity contribution < 1.29 is 18.0 Å². The van der Waals surface area contributed by atoms with Gasteiger partial charge in [-0.15, -0.1) is 0 Å². The molecule has 1 aliphatic rings. The average Bonchev–Trinajstić information content (AvgIpc) is 3.41. The number of nitrogens with zero attached hydrogens (tertiary/aromatic N) is 1. The smallest absolute Gasteiger partial charge is 0.273 e. The molecule has 0 aliphatic heterocycles. The van der Waals surface area contributed by atoms with E-state index in [9.17, 15) is 18.0 Å². The summed E-state index contributed by atoms with van der Waals surface area (Å²) in [6.45, 7) is 6.47. The second-order valence-electron chi connectivity index (χ2n) is 8.17. The van der Waals surface area contributed by atoms with Crippen molar-refractivity contribution in [3.63, 3.8) is 0 Å². The number of carbonyl (C=O) groups excluding carboxylic acids is 1. The van der Waals surface area contributed by atoms with Gasteiger partial charge in [0, 0.05) is 5.92 Å². The highest BCUT2D eigenvalue weighted by molar-refractivity contribution is 5.85. The molecule has 0 saturated heterocycles. The lowest BCUT2D eigenvalue weighted by Gasteiger charge is -2.19. The van der Waals surface area contributed by atoms with E-state index < -0.39 is 11.7 Å². The maximum Gasteiger partial charge on any atom is 0.416 e. The van der Waals surface area contributed by atoms with Crippen molar-refractivity contribution in [2.45, 2.75) is 44.7 Å². The number of hydrogen-bond acceptors (Lipinski definition) is 2. The van der Waals surface area contributed by atoms with Crippen LogP contribution < -0.4 is 5.43 Å². The van der Waals surface area contributed by atoms with Gasteiger partial charge in [-0.1, -0.05) is 57.2 Å². The fourth-order valence-electron chi connectivity index (χ4n) is 3.09. The molecule has 2 unspecified atom stereocenters. The van der Waals surface area contributed by atoms with Crippen LogP contribution in [0.3, 0.4) is 0 Å². The molecule has 1 N–H and O–H groups in total. The molecule has 28 heavy (non-hydrogen) atoms. The van der Waals surface area contributed by atoms with E-state index >= 15 is 0 Å². The first-order valence-corrected chi connectivity index (χ1v) is 9.16. The van der Waals surface area contributed by atoms with E-state index in [4.69, 9.17) is 0 Å². The van der Waals surface area contributed by atoms with E-state index in [1.807, 2.05) is 0 Å². The van der Waals surface area contributed by atoms with Crippen LogP contribution in [-0.4, -0.2) is 12.1 Å². The fraction of sp³-hybridized carbons (Fsp3) is 0.364. The highest BCUT2D eigenvalue weighted by Gasteiger charge is 2.44. The number of benzene rings is 2. The lowest BCUT2D eigenvalue weighted by atomic mass is 9.86. The normalized spacial score (nSPS) is 19.6. The Morgan fingerprint density at radius 1 is 1.00 bits per heavy atom. The molecule has 1 amide bonds. The molecule has 0 spiro atoms. The lowest BCUT2D eigenvalue weighted by Crippen LogP contribution is -2.20. The molecule has 148 valence electrons. The Bertz CT molecular complexity index is 863. The summed E-state index contributed by atoms with van der Waals surface area (Å²) in [5, 5.41) is 3.86. The van der Waals surface area contributed by atoms with Gasteiger partial charge in [0.25, 0.3) is 0 Å². The molecule has 1 fully saturated rings. The molecular formula is C22H23F3N2O. The van der Waals surface area contributed by atoms with Gasteiger partial charge in [0.15, 0.2) is 0 Å². The minimum absolute atomic E-state index is 0.0892. The molecule has 0 aromatic heterocycles. The summed E-state index contributed by atoms with van der Waals surface area (Å²) in [5.41, 5.74) is 4.73. The first-order valence-electron chi connectivity index (χ1n) is 9.16. The number of halogens is 3. The third kappa shape index (κ3) is 4.80. The molecule has 1 aliphatic carbocycles. The molecule has 3 rings (SSSR count). The van der Waals surface area contributed by atoms with Crippen LogP contribution in [0.15, 0.2) is 53.6 Å². The number of nitrogens with one attached hydrogen (secondary N) is 1. The van der Waals surface area contributed by atoms with Gasteiger partial charge in [-0.25, -0.2) is 5.43 Å². The summed E-state index contributed by atoms with van der Waals surface area (Å²) in [4.78, 5) is 12.2. The summed E-state index contributed by atoms with van der Waals surface area (Å²) in [5.74, 6) is -0.103. The molecule has 2 aromatic rings. The van der Waals surface area contributed by atoms with Crippen LogP contribution in [0.5, 0.6) is 0 Å². The number of hydrogen-bond donors (Lipinski definition) is 1. The number of alkyl halides is 3. The second-order valence-corrected chi connectivity index (χ2v) is 8.17. The molecular weight excluding hydrogens is 365 g/mol. The van der Waals surface area contributed by atoms with E-state index in [0.29, 0.717) is 5.56 Å². The standard InChI is InChI=1S/C22H23F3N2O/c1-21(2,3)16-10-6-15(7-11-16)18-12-19(18)20(28)27-26-13-14-4-8-17(9-5-14)22(23,24)25/h4-11,13,18-19H,12H2,1-3H3,(H,27,28). The number of hydrazone groups is 1. The zero-order valence-corrected chi connectivity index (χ0v) is 16.0. The summed E-state index contributed by atoms with van der Waals surface area (Å²) in [7, 11) is 0. The van der Waals surface area contributed by atoms with Gasteiger partial charge in [0.05, 0.1) is 11.8 Å². The third-order valence-electron chi connectivity index (χ3n) is 4.96. The topological polar surface area (TPSA) is 41.5 Å². The van der Waals surface area contributed by atoms with Crippen LogP contribution in [0.1, 0.15) is 55.4 Å². The van der Waals surface area contributed by atoms with Crippen molar-refractivity contribution in [2.24, 2.45) is 11.0 Å². The van der Waals surface area contributed by atoms with E-state index in [2.05, 4.69) is 55.6 Å². The van der Waals surface area contributed by atoms with Gasteiger partial charge in [0.1, 0.15) is 0 Å². The Hall–Kier alpha value is -2.63. The molecule has 0 heterocycles. The second kappa shape index (κ2) is 7.41. The largest absolute Gasteiger partial charge is 0.416 e. The predicted octanol–water partition coefficient (Wildman–Crippen LogP) is 5.26. The lowest BCUT2D eigenvalue weighted by molar-refractivity contribution is -0.137. The van der Waals surface area contributed by atoms with Gasteiger partial charge in [-0.05, 0) is 46.6 Å². The van der Waals surface area contributed by atoms with Crippen molar-refractivity contribution >= 4 is 12.1 Å². The van der Waals surface area contributed by atoms with E-state index in [0.717, 1.165) is 24.1 Å². The number of amides is 1. The van der Waals surface area contributed by atoms with Crippen LogP contribution in [0.25, 0.3) is 0 Å². The molecule has 1 saturated carbocycles. The van der Waals surface area contributed by atoms with Crippen molar-refractivity contribution in [3.05, 3.63) is 70.8 Å². The van der Waals surface area contributed by atoms with Crippen LogP contribution in [0.2, 0.25) is 0 Å². The number of carbonyl (C=O) groups is 1. The van der Waals surface area contributed by atoms with Crippen molar-refractivity contribution in [1.82, 2.24) is 5.43 Å². The Kier molecular flexibility index (Phi) is 5.33. The third-order valence-corrected chi connectivity index (χ3v) is 4.96. The zero-order chi connectivity index (χ0) is 20.5. The van der Waals surface area contributed by atoms with Gasteiger partial charge >= 0.3 is 6.18 Å². The Labute approximate surface area is 162 Å². The zero-order valence-electron chi connectivity index (χ0n) is 16.0. The van der Waals surface area contributed by atoms with Gasteiger partial charge in [0.2, 0.25) is 5.91 Å². The highest BCUT2D eigenvalue weighted by Crippen LogP contribution is 2.47. The predicted molar refractivity (Wildman–Crippen MR) is 103 cm³/mol. The molecule has 2 atom stereocenters. The monoisotopic (exact) mass is 388 g/mol. The summed E-state index contributed by atoms with van der Waals surface area (Å²) in [6, 6.07) is 13.0. The van der Waals surface area contributed by atoms with Gasteiger partial charge < -0.3 is 0 Å². The van der Waals surface area contributed by atoms with E-state index in [-0.39, 0.29) is 23.2 Å². The fourth-order valence-corrected chi connectivity index (χ4v) is 3.09. The molecule has 3 nitrogen and oxygen atoms in total. The quantitative estimate of drug-likeness (QED) is 0.564. The van der Waals surface area contributed by atoms with Crippen LogP contribution in [0, 0.1) is 5.92 Å². The Morgan fingerprint density at radius 3 is 2.11 bits per heavy atom. The van der Waals surface area contributed by atoms with E-state index in [1.165, 1.54) is 23.9 Å². The minimum atomic E-state index is -4.37. The minimum Gasteiger partial charge on any atom is -0.273 e. The molecule has 2 aromatic carbocycles. The SMILES string of the molecule is CC(C)(C)c1ccc(C2CC2C(=O)NN=Cc2ccc(C(F)(F)F)cc2)cc1. The highest BCUT2D eigenvalue weighted by atomic mass is 19.4. The van der Waals surface area contributed by atoms with Crippen LogP contribution in [-0.2, 0) is 16.4 Å². The maximum absolute atomic E-state index is 12.5. The molecule has 6 heteroatoms. The summed E-state index contributed by atoms with van der Waals surface area (Å²) >= 11 is 0. The first-order chi connectivity index (χ1) is 13.1. The van der Waals surface area contributed by atoms with E-state index in [1.54, 1.807) is 0 Å². The van der Waals surface area contributed by atoms with Crippen LogP contribution >= 0.6 is 0 Å². The molecule has 0 bridgehead atoms. The Morgan fingerprint density at radius 2 is 1.57 bits per heavy atom. The Balaban J connectivity index is 1.53. The maximum atomic E-state index is 12.5. The first kappa shape index (κ1) is 20.1. The summed E-state index contributed by atoms with van der Waals surface area (Å²) < 4.78 is 37.6. The van der Waals surface area contributed by atoms with Gasteiger partial charge in [-0.3, -0.25) is 4.79 Å². The van der Waals surface area contributed by atoms with Crippen LogP contribution in [0.4, 0.5) is 13.2 Å². The van der Waals surface area contributed by atoms with Gasteiger partial charge in [-0.2, -0.15) is 18.3 Å². The summed E-state index contributed by atoms with van der Waals surface area (Å²) in [6.07, 6.45) is -2.25. The van der Waals surface area contributed by atoms with Crippen molar-refractivity contribution in [2.75, 3.05) is 0 Å². The molecule has 0 radical (unpaired) electrons. The van der Waals surface area contributed by atoms with Crippen molar-refractivity contribution in [3.8, 4) is 0 Å². The number of rotatable bonds is 4. The van der Waals surface area contributed by atoms with Crippen molar-refractivity contribution in [1.29, 1.82) is 0 Å².